The molecule has 0 spiro atoms. The number of carbonyl (C=O) groups is 1. The standard InChI is InChI=1S/C12H11F2NO2/c1-2-17-12(16)7-15-4-3-9-10(14)5-8(13)6-11(9)15/h3-6H,2,7H2,1H3. The van der Waals surface area contributed by atoms with E-state index >= 15 is 0 Å². The van der Waals surface area contributed by atoms with Gasteiger partial charge >= 0.3 is 5.97 Å². The first-order chi connectivity index (χ1) is 8.11. The van der Waals surface area contributed by atoms with Gasteiger partial charge < -0.3 is 9.30 Å². The predicted molar refractivity (Wildman–Crippen MR) is 58.5 cm³/mol. The minimum atomic E-state index is -0.668. The number of aromatic nitrogens is 1. The SMILES string of the molecule is CCOC(=O)Cn1ccc2c(F)cc(F)cc21. The van der Waals surface area contributed by atoms with Gasteiger partial charge in [-0.15, -0.1) is 0 Å². The van der Waals surface area contributed by atoms with Crippen molar-refractivity contribution < 1.29 is 18.3 Å². The fourth-order valence-electron chi connectivity index (χ4n) is 1.70. The monoisotopic (exact) mass is 239 g/mol. The van der Waals surface area contributed by atoms with Gasteiger partial charge in [-0.2, -0.15) is 0 Å². The molecule has 1 aromatic heterocycles. The number of ether oxygens (including phenoxy) is 1. The Labute approximate surface area is 96.6 Å². The van der Waals surface area contributed by atoms with Crippen LogP contribution in [0, 0.1) is 11.6 Å². The van der Waals surface area contributed by atoms with Crippen LogP contribution in [0.1, 0.15) is 6.92 Å². The number of rotatable bonds is 3. The first-order valence-corrected chi connectivity index (χ1v) is 5.21. The van der Waals surface area contributed by atoms with Crippen LogP contribution in [0.15, 0.2) is 24.4 Å². The minimum Gasteiger partial charge on any atom is -0.465 e. The molecule has 0 unspecified atom stereocenters. The van der Waals surface area contributed by atoms with E-state index in [1.165, 1.54) is 22.9 Å². The molecule has 1 heterocycles. The van der Waals surface area contributed by atoms with Crippen LogP contribution >= 0.6 is 0 Å². The molecule has 0 fully saturated rings. The summed E-state index contributed by atoms with van der Waals surface area (Å²) in [5.41, 5.74) is 0.343. The summed E-state index contributed by atoms with van der Waals surface area (Å²) < 4.78 is 32.7. The van der Waals surface area contributed by atoms with E-state index in [0.29, 0.717) is 5.52 Å². The maximum absolute atomic E-state index is 13.4. The summed E-state index contributed by atoms with van der Waals surface area (Å²) in [5, 5.41) is 0.288. The molecule has 0 aliphatic rings. The van der Waals surface area contributed by atoms with Gasteiger partial charge in [-0.05, 0) is 19.1 Å². The van der Waals surface area contributed by atoms with E-state index in [9.17, 15) is 13.6 Å². The summed E-state index contributed by atoms with van der Waals surface area (Å²) >= 11 is 0. The normalized spacial score (nSPS) is 10.8. The molecule has 1 aromatic carbocycles. The smallest absolute Gasteiger partial charge is 0.325 e. The molecule has 2 aromatic rings. The van der Waals surface area contributed by atoms with Crippen molar-refractivity contribution in [1.29, 1.82) is 0 Å². The highest BCUT2D eigenvalue weighted by Crippen LogP contribution is 2.20. The Morgan fingerprint density at radius 3 is 2.88 bits per heavy atom. The van der Waals surface area contributed by atoms with Gasteiger partial charge in [-0.3, -0.25) is 4.79 Å². The van der Waals surface area contributed by atoms with Crippen LogP contribution in [0.5, 0.6) is 0 Å². The van der Waals surface area contributed by atoms with E-state index in [2.05, 4.69) is 0 Å². The Balaban J connectivity index is 2.39. The number of carbonyl (C=O) groups excluding carboxylic acids is 1. The van der Waals surface area contributed by atoms with Crippen molar-refractivity contribution >= 4 is 16.9 Å². The zero-order valence-corrected chi connectivity index (χ0v) is 9.24. The molecule has 0 aliphatic carbocycles. The third kappa shape index (κ3) is 2.27. The lowest BCUT2D eigenvalue weighted by atomic mass is 10.2. The van der Waals surface area contributed by atoms with Crippen LogP contribution in [-0.2, 0) is 16.1 Å². The van der Waals surface area contributed by atoms with Gasteiger partial charge in [0.2, 0.25) is 0 Å². The Morgan fingerprint density at radius 2 is 2.18 bits per heavy atom. The third-order valence-corrected chi connectivity index (χ3v) is 2.41. The lowest BCUT2D eigenvalue weighted by molar-refractivity contribution is -0.143. The second-order valence-electron chi connectivity index (χ2n) is 3.57. The number of nitrogens with zero attached hydrogens (tertiary/aromatic N) is 1. The van der Waals surface area contributed by atoms with Gasteiger partial charge in [0, 0.05) is 17.6 Å². The van der Waals surface area contributed by atoms with Gasteiger partial charge in [0.15, 0.2) is 0 Å². The van der Waals surface area contributed by atoms with Crippen LogP contribution in [0.25, 0.3) is 10.9 Å². The largest absolute Gasteiger partial charge is 0.465 e. The van der Waals surface area contributed by atoms with E-state index in [0.717, 1.165) is 6.07 Å². The van der Waals surface area contributed by atoms with Crippen LogP contribution in [0.4, 0.5) is 8.78 Å². The van der Waals surface area contributed by atoms with Gasteiger partial charge in [0.25, 0.3) is 0 Å². The lowest BCUT2D eigenvalue weighted by Gasteiger charge is -2.05. The molecule has 0 radical (unpaired) electrons. The molecule has 17 heavy (non-hydrogen) atoms. The molecule has 0 amide bonds. The summed E-state index contributed by atoms with van der Waals surface area (Å²) in [6, 6.07) is 3.51. The number of esters is 1. The number of hydrogen-bond acceptors (Lipinski definition) is 2. The first kappa shape index (κ1) is 11.6. The minimum absolute atomic E-state index is 0.0553. The van der Waals surface area contributed by atoms with Crippen molar-refractivity contribution in [3.05, 3.63) is 36.0 Å². The van der Waals surface area contributed by atoms with Crippen molar-refractivity contribution in [2.75, 3.05) is 6.61 Å². The van der Waals surface area contributed by atoms with Crippen molar-refractivity contribution in [3.8, 4) is 0 Å². The molecule has 0 atom stereocenters. The van der Waals surface area contributed by atoms with Crippen molar-refractivity contribution in [2.24, 2.45) is 0 Å². The molecule has 5 heteroatoms. The van der Waals surface area contributed by atoms with Crippen LogP contribution in [-0.4, -0.2) is 17.1 Å². The average molecular weight is 239 g/mol. The Bertz CT molecular complexity index is 563. The number of hydrogen-bond donors (Lipinski definition) is 0. The van der Waals surface area contributed by atoms with Gasteiger partial charge in [-0.1, -0.05) is 0 Å². The summed E-state index contributed by atoms with van der Waals surface area (Å²) in [7, 11) is 0. The maximum atomic E-state index is 13.4. The molecular weight excluding hydrogens is 228 g/mol. The average Bonchev–Trinajstić information content (AvgIpc) is 2.62. The highest BCUT2D eigenvalue weighted by Gasteiger charge is 2.11. The predicted octanol–water partition coefficient (Wildman–Crippen LogP) is 2.48. The summed E-state index contributed by atoms with van der Waals surface area (Å²) in [6.07, 6.45) is 1.53. The lowest BCUT2D eigenvalue weighted by Crippen LogP contribution is -2.12. The van der Waals surface area contributed by atoms with E-state index in [4.69, 9.17) is 4.74 Å². The molecule has 0 aliphatic heterocycles. The summed E-state index contributed by atoms with van der Waals surface area (Å²) in [4.78, 5) is 11.3. The molecular formula is C12H11F2NO2. The molecule has 0 saturated heterocycles. The number of halogens is 2. The van der Waals surface area contributed by atoms with Gasteiger partial charge in [-0.25, -0.2) is 8.78 Å². The van der Waals surface area contributed by atoms with E-state index in [-0.39, 0.29) is 18.5 Å². The number of benzene rings is 1. The molecule has 0 saturated carbocycles. The molecule has 0 bridgehead atoms. The Kier molecular flexibility index (Phi) is 3.08. The maximum Gasteiger partial charge on any atom is 0.325 e. The van der Waals surface area contributed by atoms with Gasteiger partial charge in [0.1, 0.15) is 18.2 Å². The Hall–Kier alpha value is -1.91. The quantitative estimate of drug-likeness (QED) is 0.770. The second-order valence-corrected chi connectivity index (χ2v) is 3.57. The van der Waals surface area contributed by atoms with Crippen LogP contribution < -0.4 is 0 Å². The topological polar surface area (TPSA) is 31.2 Å². The second kappa shape index (κ2) is 4.53. The highest BCUT2D eigenvalue weighted by atomic mass is 19.1. The molecule has 0 N–H and O–H groups in total. The fraction of sp³-hybridized carbons (Fsp3) is 0.250. The van der Waals surface area contributed by atoms with Crippen molar-refractivity contribution in [3.63, 3.8) is 0 Å². The zero-order valence-electron chi connectivity index (χ0n) is 9.24. The fourth-order valence-corrected chi connectivity index (χ4v) is 1.70. The van der Waals surface area contributed by atoms with E-state index in [1.807, 2.05) is 0 Å². The number of fused-ring (bicyclic) bond motifs is 1. The first-order valence-electron chi connectivity index (χ1n) is 5.21. The van der Waals surface area contributed by atoms with Gasteiger partial charge in [0.05, 0.1) is 12.1 Å². The Morgan fingerprint density at radius 1 is 1.41 bits per heavy atom. The van der Waals surface area contributed by atoms with Crippen LogP contribution in [0.2, 0.25) is 0 Å². The van der Waals surface area contributed by atoms with Crippen LogP contribution in [0.3, 0.4) is 0 Å². The molecule has 90 valence electrons. The van der Waals surface area contributed by atoms with E-state index < -0.39 is 17.6 Å². The summed E-state index contributed by atoms with van der Waals surface area (Å²) in [6.45, 7) is 1.92. The molecule has 3 nitrogen and oxygen atoms in total. The van der Waals surface area contributed by atoms with E-state index in [1.54, 1.807) is 6.92 Å². The van der Waals surface area contributed by atoms with Crippen molar-refractivity contribution in [1.82, 2.24) is 4.57 Å². The third-order valence-electron chi connectivity index (χ3n) is 2.41. The zero-order chi connectivity index (χ0) is 12.4. The highest BCUT2D eigenvalue weighted by molar-refractivity contribution is 5.82. The molecule has 2 rings (SSSR count). The summed E-state index contributed by atoms with van der Waals surface area (Å²) in [5.74, 6) is -1.74. The van der Waals surface area contributed by atoms with Crippen molar-refractivity contribution in [2.45, 2.75) is 13.5 Å².